The van der Waals surface area contributed by atoms with Crippen LogP contribution in [0.2, 0.25) is 0 Å². The Balaban J connectivity index is 1.42. The molecular weight excluding hydrogens is 614 g/mol. The maximum atomic E-state index is 16.0. The van der Waals surface area contributed by atoms with E-state index in [4.69, 9.17) is 18.9 Å². The van der Waals surface area contributed by atoms with Crippen molar-refractivity contribution in [2.24, 2.45) is 23.2 Å². The van der Waals surface area contributed by atoms with Gasteiger partial charge < -0.3 is 29.2 Å². The van der Waals surface area contributed by atoms with Gasteiger partial charge in [0.25, 0.3) is 0 Å². The molecule has 2 bridgehead atoms. The third-order valence-corrected chi connectivity index (χ3v) is 10.1. The number of hydrogen-bond donors (Lipinski definition) is 1. The van der Waals surface area contributed by atoms with Gasteiger partial charge in [-0.25, -0.2) is 19.6 Å². The van der Waals surface area contributed by atoms with Crippen LogP contribution in [-0.4, -0.2) is 77.9 Å². The van der Waals surface area contributed by atoms with Crippen LogP contribution < -0.4 is 14.8 Å². The molecule has 1 saturated heterocycles. The minimum atomic E-state index is -3.56. The first-order chi connectivity index (χ1) is 22.3. The van der Waals surface area contributed by atoms with Gasteiger partial charge in [0.15, 0.2) is 5.69 Å². The van der Waals surface area contributed by atoms with Gasteiger partial charge >= 0.3 is 18.0 Å². The maximum Gasteiger partial charge on any atom is 0.408 e. The second-order valence-corrected chi connectivity index (χ2v) is 14.1. The first-order valence-electron chi connectivity index (χ1n) is 16.2. The average molecular weight is 657 g/mol. The molecule has 1 aromatic carbocycles. The second kappa shape index (κ2) is 12.5. The van der Waals surface area contributed by atoms with E-state index in [0.29, 0.717) is 36.8 Å². The monoisotopic (exact) mass is 656 g/mol. The zero-order chi connectivity index (χ0) is 33.7. The average Bonchev–Trinajstić information content (AvgIpc) is 3.53. The quantitative estimate of drug-likeness (QED) is 0.344. The molecule has 7 unspecified atom stereocenters. The molecule has 3 heterocycles. The smallest absolute Gasteiger partial charge is 0.408 e. The lowest BCUT2D eigenvalue weighted by Crippen LogP contribution is -2.57. The summed E-state index contributed by atoms with van der Waals surface area (Å²) in [5.74, 6) is -3.95. The molecule has 3 fully saturated rings. The van der Waals surface area contributed by atoms with Crippen LogP contribution in [0.25, 0.3) is 11.0 Å². The fourth-order valence-corrected chi connectivity index (χ4v) is 7.53. The highest BCUT2D eigenvalue weighted by atomic mass is 19.3. The zero-order valence-corrected chi connectivity index (χ0v) is 27.3. The summed E-state index contributed by atoms with van der Waals surface area (Å²) in [5, 5.41) is 2.80. The number of ether oxygens (including phenoxy) is 4. The van der Waals surface area contributed by atoms with Gasteiger partial charge in [0, 0.05) is 12.5 Å². The summed E-state index contributed by atoms with van der Waals surface area (Å²) in [5.41, 5.74) is -0.941. The summed E-state index contributed by atoms with van der Waals surface area (Å²) in [6, 6.07) is 2.57. The number of carbonyl (C=O) groups is 3. The Morgan fingerprint density at radius 3 is 2.51 bits per heavy atom. The number of benzene rings is 1. The third kappa shape index (κ3) is 6.45. The topological polar surface area (TPSA) is 129 Å². The second-order valence-electron chi connectivity index (χ2n) is 14.1. The lowest BCUT2D eigenvalue weighted by atomic mass is 9.71. The number of methoxy groups -OCH3 is 2. The van der Waals surface area contributed by atoms with Gasteiger partial charge in [-0.05, 0) is 73.5 Å². The fourth-order valence-electron chi connectivity index (χ4n) is 7.53. The number of fused-ring (bicyclic) bond motifs is 7. The van der Waals surface area contributed by atoms with Crippen molar-refractivity contribution in [2.75, 3.05) is 20.8 Å². The Labute approximate surface area is 272 Å². The zero-order valence-electron chi connectivity index (χ0n) is 27.3. The van der Waals surface area contributed by atoms with Crippen LogP contribution in [0.5, 0.6) is 11.6 Å². The minimum absolute atomic E-state index is 0.0119. The molecule has 7 atom stereocenters. The minimum Gasteiger partial charge on any atom is -0.497 e. The highest BCUT2D eigenvalue weighted by Gasteiger charge is 2.51. The molecule has 2 aliphatic heterocycles. The highest BCUT2D eigenvalue weighted by molar-refractivity contribution is 5.91. The number of hydrogen-bond acceptors (Lipinski definition) is 9. The van der Waals surface area contributed by atoms with Crippen molar-refractivity contribution in [2.45, 2.75) is 89.5 Å². The fraction of sp³-hybridized carbons (Fsp3) is 0.618. The van der Waals surface area contributed by atoms with E-state index in [2.05, 4.69) is 15.3 Å². The number of alkyl carbamates (subject to hydrolysis) is 1. The van der Waals surface area contributed by atoms with Crippen molar-refractivity contribution in [3.05, 3.63) is 36.0 Å². The normalized spacial score (nSPS) is 30.8. The number of nitrogens with one attached hydrogen (secondary N) is 1. The molecule has 1 aromatic heterocycles. The van der Waals surface area contributed by atoms with E-state index in [-0.39, 0.29) is 29.9 Å². The number of aromatic nitrogens is 2. The molecule has 0 spiro atoms. The van der Waals surface area contributed by atoms with E-state index in [1.807, 2.05) is 0 Å². The maximum absolute atomic E-state index is 16.0. The standard InChI is InChI=1S/C34H42F2N4O7/c1-33(2,3)28-30(41)40-17-20(16-25(40)31(42)45-5)46-29-27(37-23-12-10-19(44-4)15-24(23)38-29)34(35,36)13-7-6-8-22-21-11-9-18(21)14-26(22)47-32(43)39-28/h7,10,12-13,15,18,20-22,25-26,28H,6,8-9,11,14,16-17H2,1-5H3,(H,39,43). The summed E-state index contributed by atoms with van der Waals surface area (Å²) in [4.78, 5) is 50.5. The van der Waals surface area contributed by atoms with Crippen LogP contribution in [0.1, 0.15) is 65.0 Å². The lowest BCUT2D eigenvalue weighted by Gasteiger charge is -2.35. The summed E-state index contributed by atoms with van der Waals surface area (Å²) < 4.78 is 54.4. The molecule has 6 rings (SSSR count). The number of esters is 1. The van der Waals surface area contributed by atoms with Crippen LogP contribution in [-0.2, 0) is 25.0 Å². The van der Waals surface area contributed by atoms with Gasteiger partial charge in [0.05, 0.1) is 31.8 Å². The van der Waals surface area contributed by atoms with Gasteiger partial charge in [0.1, 0.15) is 30.0 Å². The highest BCUT2D eigenvalue weighted by Crippen LogP contribution is 2.53. The molecule has 11 nitrogen and oxygen atoms in total. The van der Waals surface area contributed by atoms with Crippen molar-refractivity contribution in [3.63, 3.8) is 0 Å². The predicted molar refractivity (Wildman–Crippen MR) is 166 cm³/mol. The number of alkyl halides is 2. The SMILES string of the molecule is COC(=O)C1CC2CN1C(=O)C(C(C)(C)C)NC(=O)OC1CC3CCC3C1CCC=CC(F)(F)c1nc3ccc(OC)cc3nc1O2. The first-order valence-corrected chi connectivity index (χ1v) is 16.2. The largest absolute Gasteiger partial charge is 0.497 e. The molecule has 0 radical (unpaired) electrons. The van der Waals surface area contributed by atoms with Gasteiger partial charge in [-0.2, -0.15) is 8.78 Å². The number of nitrogens with zero attached hydrogens (tertiary/aromatic N) is 3. The van der Waals surface area contributed by atoms with Crippen molar-refractivity contribution in [1.82, 2.24) is 20.2 Å². The van der Waals surface area contributed by atoms with Crippen LogP contribution in [0.15, 0.2) is 30.4 Å². The molecule has 1 N–H and O–H groups in total. The van der Waals surface area contributed by atoms with Gasteiger partial charge in [0.2, 0.25) is 11.8 Å². The molecule has 13 heteroatoms. The summed E-state index contributed by atoms with van der Waals surface area (Å²) in [6.07, 6.45) is 3.84. The van der Waals surface area contributed by atoms with Gasteiger partial charge in [-0.15, -0.1) is 0 Å². The molecule has 2 amide bonds. The molecule has 47 heavy (non-hydrogen) atoms. The summed E-state index contributed by atoms with van der Waals surface area (Å²) >= 11 is 0. The lowest BCUT2D eigenvalue weighted by molar-refractivity contribution is -0.152. The van der Waals surface area contributed by atoms with Gasteiger partial charge in [-0.1, -0.05) is 26.8 Å². The Bertz CT molecular complexity index is 1580. The van der Waals surface area contributed by atoms with Crippen molar-refractivity contribution in [1.29, 1.82) is 0 Å². The van der Waals surface area contributed by atoms with E-state index in [1.165, 1.54) is 25.2 Å². The van der Waals surface area contributed by atoms with E-state index in [1.54, 1.807) is 39.0 Å². The van der Waals surface area contributed by atoms with Crippen molar-refractivity contribution < 1.29 is 42.1 Å². The van der Waals surface area contributed by atoms with Gasteiger partial charge in [-0.3, -0.25) is 4.79 Å². The van der Waals surface area contributed by atoms with E-state index in [0.717, 1.165) is 18.9 Å². The Kier molecular flexibility index (Phi) is 8.77. The summed E-state index contributed by atoms with van der Waals surface area (Å²) in [6.45, 7) is 5.26. The van der Waals surface area contributed by atoms with Crippen molar-refractivity contribution >= 4 is 29.0 Å². The molecule has 2 aromatic rings. The number of allylic oxidation sites excluding steroid dienone is 2. The molecule has 254 valence electrons. The molecule has 2 aliphatic carbocycles. The van der Waals surface area contributed by atoms with Crippen LogP contribution >= 0.6 is 0 Å². The number of halogens is 2. The van der Waals surface area contributed by atoms with E-state index >= 15 is 8.78 Å². The van der Waals surface area contributed by atoms with E-state index in [9.17, 15) is 14.4 Å². The first kappa shape index (κ1) is 32.9. The molecular formula is C34H42F2N4O7. The predicted octanol–water partition coefficient (Wildman–Crippen LogP) is 5.16. The van der Waals surface area contributed by atoms with Crippen LogP contribution in [0, 0.1) is 23.2 Å². The number of carbonyl (C=O) groups excluding carboxylic acids is 3. The van der Waals surface area contributed by atoms with Crippen LogP contribution in [0.3, 0.4) is 0 Å². The molecule has 4 aliphatic rings. The summed E-state index contributed by atoms with van der Waals surface area (Å²) in [7, 11) is 2.68. The van der Waals surface area contributed by atoms with Crippen LogP contribution in [0.4, 0.5) is 13.6 Å². The number of rotatable bonds is 2. The Morgan fingerprint density at radius 1 is 1.04 bits per heavy atom. The van der Waals surface area contributed by atoms with E-state index < -0.39 is 65.2 Å². The number of amides is 2. The Morgan fingerprint density at radius 2 is 1.83 bits per heavy atom. The Hall–Kier alpha value is -4.03. The third-order valence-electron chi connectivity index (χ3n) is 10.1. The van der Waals surface area contributed by atoms with Crippen molar-refractivity contribution in [3.8, 4) is 11.6 Å². The molecule has 2 saturated carbocycles.